The maximum Gasteiger partial charge on any atom is 0.142 e. The summed E-state index contributed by atoms with van der Waals surface area (Å²) < 4.78 is 13.0. The first kappa shape index (κ1) is 11.7. The van der Waals surface area contributed by atoms with Gasteiger partial charge >= 0.3 is 0 Å². The number of rotatable bonds is 3. The SMILES string of the molecule is OCCC(O)c1cc(F)c(Cl)cc1Cl. The van der Waals surface area contributed by atoms with E-state index in [0.717, 1.165) is 6.07 Å². The Labute approximate surface area is 90.9 Å². The molecule has 0 fully saturated rings. The maximum absolute atomic E-state index is 13.0. The van der Waals surface area contributed by atoms with Crippen molar-refractivity contribution in [2.24, 2.45) is 0 Å². The number of aliphatic hydroxyl groups is 2. The van der Waals surface area contributed by atoms with Crippen LogP contribution in [0.1, 0.15) is 18.1 Å². The van der Waals surface area contributed by atoms with Crippen molar-refractivity contribution in [2.45, 2.75) is 12.5 Å². The number of hydrogen-bond acceptors (Lipinski definition) is 2. The van der Waals surface area contributed by atoms with E-state index in [4.69, 9.17) is 28.3 Å². The van der Waals surface area contributed by atoms with Gasteiger partial charge in [0.1, 0.15) is 5.82 Å². The fourth-order valence-corrected chi connectivity index (χ4v) is 1.58. The highest BCUT2D eigenvalue weighted by molar-refractivity contribution is 6.35. The molecule has 0 aromatic heterocycles. The molecule has 5 heteroatoms. The average Bonchev–Trinajstić information content (AvgIpc) is 2.11. The van der Waals surface area contributed by atoms with Crippen molar-refractivity contribution in [2.75, 3.05) is 6.61 Å². The summed E-state index contributed by atoms with van der Waals surface area (Å²) in [7, 11) is 0. The van der Waals surface area contributed by atoms with Crippen LogP contribution in [0.5, 0.6) is 0 Å². The summed E-state index contributed by atoms with van der Waals surface area (Å²) in [5.74, 6) is -0.636. The van der Waals surface area contributed by atoms with Crippen molar-refractivity contribution >= 4 is 23.2 Å². The van der Waals surface area contributed by atoms with Crippen molar-refractivity contribution in [1.82, 2.24) is 0 Å². The zero-order valence-corrected chi connectivity index (χ0v) is 8.69. The fourth-order valence-electron chi connectivity index (χ4n) is 1.07. The van der Waals surface area contributed by atoms with Crippen LogP contribution in [0.2, 0.25) is 10.0 Å². The lowest BCUT2D eigenvalue weighted by Crippen LogP contribution is -2.01. The normalized spacial score (nSPS) is 12.9. The summed E-state index contributed by atoms with van der Waals surface area (Å²) in [6, 6.07) is 2.30. The Morgan fingerprint density at radius 3 is 2.50 bits per heavy atom. The third kappa shape index (κ3) is 2.58. The summed E-state index contributed by atoms with van der Waals surface area (Å²) in [5.41, 5.74) is 0.239. The Hall–Kier alpha value is -0.350. The van der Waals surface area contributed by atoms with Gasteiger partial charge in [-0.15, -0.1) is 0 Å². The van der Waals surface area contributed by atoms with Gasteiger partial charge in [0.05, 0.1) is 11.1 Å². The van der Waals surface area contributed by atoms with Gasteiger partial charge in [-0.25, -0.2) is 4.39 Å². The van der Waals surface area contributed by atoms with Gasteiger partial charge in [-0.05, 0) is 12.1 Å². The van der Waals surface area contributed by atoms with E-state index in [1.54, 1.807) is 0 Å². The quantitative estimate of drug-likeness (QED) is 0.795. The lowest BCUT2D eigenvalue weighted by Gasteiger charge is -2.11. The van der Waals surface area contributed by atoms with Crippen LogP contribution >= 0.6 is 23.2 Å². The van der Waals surface area contributed by atoms with Crippen LogP contribution in [0.4, 0.5) is 4.39 Å². The van der Waals surface area contributed by atoms with Gasteiger partial charge < -0.3 is 10.2 Å². The summed E-state index contributed by atoms with van der Waals surface area (Å²) in [6.07, 6.45) is -0.861. The maximum atomic E-state index is 13.0. The molecule has 0 saturated heterocycles. The third-order valence-electron chi connectivity index (χ3n) is 1.80. The van der Waals surface area contributed by atoms with Crippen LogP contribution in [0, 0.1) is 5.82 Å². The molecule has 2 nitrogen and oxygen atoms in total. The summed E-state index contributed by atoms with van der Waals surface area (Å²) in [4.78, 5) is 0. The van der Waals surface area contributed by atoms with E-state index in [0.29, 0.717) is 0 Å². The Morgan fingerprint density at radius 1 is 1.29 bits per heavy atom. The molecule has 0 aliphatic carbocycles. The molecule has 0 amide bonds. The van der Waals surface area contributed by atoms with Crippen molar-refractivity contribution < 1.29 is 14.6 Å². The summed E-state index contributed by atoms with van der Waals surface area (Å²) in [6.45, 7) is -0.193. The van der Waals surface area contributed by atoms with Gasteiger partial charge in [-0.3, -0.25) is 0 Å². The highest BCUT2D eigenvalue weighted by atomic mass is 35.5. The molecular weight excluding hydrogens is 230 g/mol. The minimum absolute atomic E-state index is 0.0880. The van der Waals surface area contributed by atoms with Crippen molar-refractivity contribution in [3.8, 4) is 0 Å². The average molecular weight is 239 g/mol. The van der Waals surface area contributed by atoms with Gasteiger partial charge in [0.25, 0.3) is 0 Å². The molecule has 0 bridgehead atoms. The monoisotopic (exact) mass is 238 g/mol. The van der Waals surface area contributed by atoms with Gasteiger partial charge in [-0.1, -0.05) is 23.2 Å². The number of aliphatic hydroxyl groups excluding tert-OH is 2. The molecule has 1 aromatic carbocycles. The summed E-state index contributed by atoms with van der Waals surface area (Å²) in [5, 5.41) is 18.2. The van der Waals surface area contributed by atoms with Crippen molar-refractivity contribution in [3.63, 3.8) is 0 Å². The molecular formula is C9H9Cl2FO2. The fraction of sp³-hybridized carbons (Fsp3) is 0.333. The second kappa shape index (κ2) is 4.94. The second-order valence-corrected chi connectivity index (χ2v) is 3.63. The van der Waals surface area contributed by atoms with Crippen LogP contribution in [-0.4, -0.2) is 16.8 Å². The highest BCUT2D eigenvalue weighted by Crippen LogP contribution is 2.29. The van der Waals surface area contributed by atoms with Crippen LogP contribution in [-0.2, 0) is 0 Å². The molecule has 0 heterocycles. The van der Waals surface area contributed by atoms with E-state index in [2.05, 4.69) is 0 Å². The third-order valence-corrected chi connectivity index (χ3v) is 2.42. The van der Waals surface area contributed by atoms with Crippen molar-refractivity contribution in [3.05, 3.63) is 33.6 Å². The van der Waals surface area contributed by atoms with E-state index in [-0.39, 0.29) is 28.6 Å². The molecule has 1 unspecified atom stereocenters. The lowest BCUT2D eigenvalue weighted by atomic mass is 10.1. The number of halogens is 3. The largest absolute Gasteiger partial charge is 0.396 e. The van der Waals surface area contributed by atoms with E-state index in [1.165, 1.54) is 6.07 Å². The van der Waals surface area contributed by atoms with E-state index in [9.17, 15) is 9.50 Å². The molecule has 0 saturated carbocycles. The first-order valence-electron chi connectivity index (χ1n) is 3.99. The Bertz CT molecular complexity index is 331. The van der Waals surface area contributed by atoms with Gasteiger partial charge in [0.15, 0.2) is 0 Å². The standard InChI is InChI=1S/C9H9Cl2FO2/c10-6-4-7(11)8(12)3-5(6)9(14)1-2-13/h3-4,9,13-14H,1-2H2. The molecule has 14 heavy (non-hydrogen) atoms. The number of hydrogen-bond donors (Lipinski definition) is 2. The molecule has 0 radical (unpaired) electrons. The Morgan fingerprint density at radius 2 is 1.93 bits per heavy atom. The molecule has 1 aromatic rings. The predicted molar refractivity (Wildman–Crippen MR) is 53.1 cm³/mol. The zero-order valence-electron chi connectivity index (χ0n) is 7.17. The minimum Gasteiger partial charge on any atom is -0.396 e. The molecule has 0 spiro atoms. The van der Waals surface area contributed by atoms with Crippen molar-refractivity contribution in [1.29, 1.82) is 0 Å². The summed E-state index contributed by atoms with van der Waals surface area (Å²) >= 11 is 11.2. The van der Waals surface area contributed by atoms with Gasteiger partial charge in [0.2, 0.25) is 0 Å². The van der Waals surface area contributed by atoms with E-state index in [1.807, 2.05) is 0 Å². The predicted octanol–water partition coefficient (Wildman–Crippen LogP) is 2.55. The molecule has 0 aliphatic rings. The van der Waals surface area contributed by atoms with E-state index >= 15 is 0 Å². The van der Waals surface area contributed by atoms with Gasteiger partial charge in [-0.2, -0.15) is 0 Å². The minimum atomic E-state index is -0.973. The van der Waals surface area contributed by atoms with Crippen LogP contribution in [0.3, 0.4) is 0 Å². The van der Waals surface area contributed by atoms with Crippen LogP contribution in [0.15, 0.2) is 12.1 Å². The Balaban J connectivity index is 3.02. The first-order valence-corrected chi connectivity index (χ1v) is 4.75. The Kier molecular flexibility index (Phi) is 4.13. The number of benzene rings is 1. The molecule has 1 rings (SSSR count). The highest BCUT2D eigenvalue weighted by Gasteiger charge is 2.14. The molecule has 78 valence electrons. The lowest BCUT2D eigenvalue weighted by molar-refractivity contribution is 0.134. The van der Waals surface area contributed by atoms with E-state index < -0.39 is 11.9 Å². The second-order valence-electron chi connectivity index (χ2n) is 2.82. The van der Waals surface area contributed by atoms with Gasteiger partial charge in [0, 0.05) is 23.6 Å². The molecule has 1 atom stereocenters. The van der Waals surface area contributed by atoms with Crippen LogP contribution < -0.4 is 0 Å². The zero-order chi connectivity index (χ0) is 10.7. The molecule has 2 N–H and O–H groups in total. The molecule has 0 aliphatic heterocycles. The topological polar surface area (TPSA) is 40.5 Å². The smallest absolute Gasteiger partial charge is 0.142 e. The first-order chi connectivity index (χ1) is 6.56. The van der Waals surface area contributed by atoms with Crippen LogP contribution in [0.25, 0.3) is 0 Å².